The van der Waals surface area contributed by atoms with E-state index in [1.54, 1.807) is 0 Å². The summed E-state index contributed by atoms with van der Waals surface area (Å²) in [6.07, 6.45) is 2.30. The van der Waals surface area contributed by atoms with E-state index in [2.05, 4.69) is 27.4 Å². The largest absolute Gasteiger partial charge is 0.454 e. The summed E-state index contributed by atoms with van der Waals surface area (Å²) in [5, 5.41) is 3.46. The second kappa shape index (κ2) is 5.01. The molecule has 0 spiro atoms. The lowest BCUT2D eigenvalue weighted by molar-refractivity contribution is 0.174. The molecule has 1 aromatic heterocycles. The second-order valence-electron chi connectivity index (χ2n) is 6.34. The first-order valence-corrected chi connectivity index (χ1v) is 7.82. The van der Waals surface area contributed by atoms with Gasteiger partial charge < -0.3 is 20.5 Å². The Hall–Kier alpha value is -2.50. The van der Waals surface area contributed by atoms with Crippen molar-refractivity contribution in [3.05, 3.63) is 35.0 Å². The Kier molecular flexibility index (Phi) is 3.07. The number of fused-ring (bicyclic) bond motifs is 1. The van der Waals surface area contributed by atoms with Crippen molar-refractivity contribution in [1.82, 2.24) is 9.97 Å². The van der Waals surface area contributed by atoms with Gasteiger partial charge in [0.1, 0.15) is 5.82 Å². The number of benzene rings is 1. The molecule has 0 atom stereocenters. The molecule has 1 saturated carbocycles. The number of nitrogen functional groups attached to an aromatic ring is 1. The Morgan fingerprint density at radius 2 is 1.96 bits per heavy atom. The topological polar surface area (TPSA) is 82.3 Å². The smallest absolute Gasteiger partial charge is 0.231 e. The number of ether oxygens (including phenoxy) is 2. The van der Waals surface area contributed by atoms with Crippen molar-refractivity contribution in [1.29, 1.82) is 0 Å². The first-order valence-electron chi connectivity index (χ1n) is 7.82. The summed E-state index contributed by atoms with van der Waals surface area (Å²) >= 11 is 0. The van der Waals surface area contributed by atoms with Crippen molar-refractivity contribution in [2.75, 3.05) is 24.4 Å². The fourth-order valence-electron chi connectivity index (χ4n) is 3.02. The predicted molar refractivity (Wildman–Crippen MR) is 87.9 cm³/mol. The lowest BCUT2D eigenvalue weighted by atomic mass is 9.95. The van der Waals surface area contributed by atoms with Crippen LogP contribution < -0.4 is 20.5 Å². The number of nitrogens with two attached hydrogens (primary N) is 1. The lowest BCUT2D eigenvalue weighted by Crippen LogP contribution is -2.21. The van der Waals surface area contributed by atoms with Gasteiger partial charge in [-0.25, -0.2) is 4.98 Å². The lowest BCUT2D eigenvalue weighted by Gasteiger charge is -2.19. The molecule has 6 heteroatoms. The molecule has 0 bridgehead atoms. The summed E-state index contributed by atoms with van der Waals surface area (Å²) in [5.74, 6) is 2.80. The van der Waals surface area contributed by atoms with Crippen LogP contribution in [-0.4, -0.2) is 23.3 Å². The van der Waals surface area contributed by atoms with E-state index in [9.17, 15) is 0 Å². The van der Waals surface area contributed by atoms with E-state index in [-0.39, 0.29) is 5.41 Å². The van der Waals surface area contributed by atoms with Crippen LogP contribution in [-0.2, 0) is 5.41 Å². The molecular weight excluding hydrogens is 292 g/mol. The molecule has 3 N–H and O–H groups in total. The van der Waals surface area contributed by atoms with Crippen LogP contribution in [0.1, 0.15) is 29.7 Å². The molecule has 0 unspecified atom stereocenters. The molecule has 4 rings (SSSR count). The zero-order valence-electron chi connectivity index (χ0n) is 13.3. The minimum atomic E-state index is 0.140. The Balaban J connectivity index is 1.55. The van der Waals surface area contributed by atoms with Gasteiger partial charge in [0.15, 0.2) is 11.5 Å². The molecule has 2 aromatic rings. The summed E-state index contributed by atoms with van der Waals surface area (Å²) < 4.78 is 10.9. The van der Waals surface area contributed by atoms with E-state index in [1.807, 2.05) is 19.9 Å². The van der Waals surface area contributed by atoms with Gasteiger partial charge in [-0.05, 0) is 44.4 Å². The van der Waals surface area contributed by atoms with Gasteiger partial charge in [-0.2, -0.15) is 4.98 Å². The third-order valence-corrected chi connectivity index (χ3v) is 4.84. The van der Waals surface area contributed by atoms with Crippen LogP contribution in [0.2, 0.25) is 0 Å². The highest BCUT2D eigenvalue weighted by Crippen LogP contribution is 2.50. The highest BCUT2D eigenvalue weighted by atomic mass is 16.7. The van der Waals surface area contributed by atoms with Crippen LogP contribution in [0.4, 0.5) is 11.8 Å². The van der Waals surface area contributed by atoms with Crippen LogP contribution >= 0.6 is 0 Å². The van der Waals surface area contributed by atoms with Crippen LogP contribution in [0.3, 0.4) is 0 Å². The maximum absolute atomic E-state index is 5.76. The SMILES string of the molecule is Cc1nc(N)nc(NCC2(c3ccc4c(c3)OCO4)CC2)c1C. The standard InChI is InChI=1S/C17H20N4O2/c1-10-11(2)20-16(18)21-15(10)19-8-17(5-6-17)12-3-4-13-14(7-12)23-9-22-13/h3-4,7H,5-6,8-9H2,1-2H3,(H3,18,19,20,21). The van der Waals surface area contributed by atoms with E-state index >= 15 is 0 Å². The minimum absolute atomic E-state index is 0.140. The van der Waals surface area contributed by atoms with Crippen molar-refractivity contribution in [2.24, 2.45) is 0 Å². The van der Waals surface area contributed by atoms with Crippen molar-refractivity contribution < 1.29 is 9.47 Å². The van der Waals surface area contributed by atoms with Gasteiger partial charge in [-0.1, -0.05) is 6.07 Å². The van der Waals surface area contributed by atoms with E-state index in [1.165, 1.54) is 5.56 Å². The molecule has 0 saturated heterocycles. The van der Waals surface area contributed by atoms with Crippen molar-refractivity contribution >= 4 is 11.8 Å². The van der Waals surface area contributed by atoms with Crippen molar-refractivity contribution in [3.63, 3.8) is 0 Å². The number of aryl methyl sites for hydroxylation is 1. The van der Waals surface area contributed by atoms with Gasteiger partial charge in [0.25, 0.3) is 0 Å². The molecule has 1 aliphatic heterocycles. The minimum Gasteiger partial charge on any atom is -0.454 e. The van der Waals surface area contributed by atoms with Gasteiger partial charge in [0.2, 0.25) is 12.7 Å². The van der Waals surface area contributed by atoms with Crippen LogP contribution in [0.25, 0.3) is 0 Å². The first kappa shape index (κ1) is 14.1. The Bertz CT molecular complexity index is 771. The quantitative estimate of drug-likeness (QED) is 0.903. The zero-order chi connectivity index (χ0) is 16.0. The number of nitrogens with zero attached hydrogens (tertiary/aromatic N) is 2. The highest BCUT2D eigenvalue weighted by molar-refractivity contribution is 5.52. The third kappa shape index (κ3) is 2.44. The number of rotatable bonds is 4. The van der Waals surface area contributed by atoms with Crippen molar-refractivity contribution in [2.45, 2.75) is 32.1 Å². The van der Waals surface area contributed by atoms with Crippen LogP contribution in [0.5, 0.6) is 11.5 Å². The Morgan fingerprint density at radius 3 is 2.74 bits per heavy atom. The molecular formula is C17H20N4O2. The molecule has 1 aliphatic carbocycles. The third-order valence-electron chi connectivity index (χ3n) is 4.84. The number of anilines is 2. The zero-order valence-corrected chi connectivity index (χ0v) is 13.3. The highest BCUT2D eigenvalue weighted by Gasteiger charge is 2.44. The molecule has 120 valence electrons. The molecule has 2 aliphatic rings. The molecule has 0 radical (unpaired) electrons. The fourth-order valence-corrected chi connectivity index (χ4v) is 3.02. The normalized spacial score (nSPS) is 17.1. The molecule has 1 fully saturated rings. The van der Waals surface area contributed by atoms with Gasteiger partial charge in [-0.15, -0.1) is 0 Å². The molecule has 23 heavy (non-hydrogen) atoms. The Labute approximate surface area is 135 Å². The van der Waals surface area contributed by atoms with E-state index in [0.717, 1.165) is 48.0 Å². The predicted octanol–water partition coefficient (Wildman–Crippen LogP) is 2.55. The van der Waals surface area contributed by atoms with Crippen LogP contribution in [0.15, 0.2) is 18.2 Å². The molecule has 6 nitrogen and oxygen atoms in total. The average molecular weight is 312 g/mol. The summed E-state index contributed by atoms with van der Waals surface area (Å²) in [4.78, 5) is 8.51. The first-order chi connectivity index (χ1) is 11.1. The van der Waals surface area contributed by atoms with Crippen molar-refractivity contribution in [3.8, 4) is 11.5 Å². The van der Waals surface area contributed by atoms with Gasteiger partial charge in [0, 0.05) is 23.2 Å². The summed E-state index contributed by atoms with van der Waals surface area (Å²) in [6, 6.07) is 6.23. The Morgan fingerprint density at radius 1 is 1.17 bits per heavy atom. The number of hydrogen-bond donors (Lipinski definition) is 2. The van der Waals surface area contributed by atoms with Gasteiger partial charge >= 0.3 is 0 Å². The average Bonchev–Trinajstić information content (AvgIpc) is 3.18. The van der Waals surface area contributed by atoms with Crippen LogP contribution in [0, 0.1) is 13.8 Å². The molecule has 2 heterocycles. The molecule has 1 aromatic carbocycles. The number of hydrogen-bond acceptors (Lipinski definition) is 6. The maximum Gasteiger partial charge on any atom is 0.231 e. The van der Waals surface area contributed by atoms with Gasteiger partial charge in [0.05, 0.1) is 0 Å². The van der Waals surface area contributed by atoms with E-state index in [0.29, 0.717) is 12.7 Å². The maximum atomic E-state index is 5.76. The summed E-state index contributed by atoms with van der Waals surface area (Å²) in [7, 11) is 0. The molecule has 0 amide bonds. The monoisotopic (exact) mass is 312 g/mol. The summed E-state index contributed by atoms with van der Waals surface area (Å²) in [6.45, 7) is 5.09. The summed E-state index contributed by atoms with van der Waals surface area (Å²) in [5.41, 5.74) is 9.14. The second-order valence-corrected chi connectivity index (χ2v) is 6.34. The van der Waals surface area contributed by atoms with Gasteiger partial charge in [-0.3, -0.25) is 0 Å². The van der Waals surface area contributed by atoms with E-state index < -0.39 is 0 Å². The fraction of sp³-hybridized carbons (Fsp3) is 0.412. The number of nitrogens with one attached hydrogen (secondary N) is 1. The van der Waals surface area contributed by atoms with E-state index in [4.69, 9.17) is 15.2 Å². The number of aromatic nitrogens is 2.